The fourth-order valence-corrected chi connectivity index (χ4v) is 4.17. The third-order valence-electron chi connectivity index (χ3n) is 5.85. The van der Waals surface area contributed by atoms with Gasteiger partial charge in [-0.1, -0.05) is 24.3 Å². The summed E-state index contributed by atoms with van der Waals surface area (Å²) in [7, 11) is 1.71. The molecule has 3 aromatic rings. The number of carbonyl (C=O) groups is 2. The van der Waals surface area contributed by atoms with Gasteiger partial charge in [-0.2, -0.15) is 0 Å². The van der Waals surface area contributed by atoms with E-state index in [0.717, 1.165) is 28.1 Å². The van der Waals surface area contributed by atoms with Gasteiger partial charge in [-0.3, -0.25) is 14.6 Å². The number of hydrogen-bond acceptors (Lipinski definition) is 4. The van der Waals surface area contributed by atoms with Gasteiger partial charge in [0.15, 0.2) is 0 Å². The maximum absolute atomic E-state index is 13.2. The summed E-state index contributed by atoms with van der Waals surface area (Å²) in [5.74, 6) is 0.556. The molecule has 0 spiro atoms. The summed E-state index contributed by atoms with van der Waals surface area (Å²) in [5, 5.41) is 0. The summed E-state index contributed by atoms with van der Waals surface area (Å²) in [4.78, 5) is 33.6. The van der Waals surface area contributed by atoms with Crippen molar-refractivity contribution in [1.82, 2.24) is 9.88 Å². The van der Waals surface area contributed by atoms with Crippen molar-refractivity contribution in [3.63, 3.8) is 0 Å². The number of benzene rings is 2. The third kappa shape index (κ3) is 4.35. The molecule has 2 heterocycles. The van der Waals surface area contributed by atoms with Crippen LogP contribution in [0.2, 0.25) is 0 Å². The molecule has 0 bridgehead atoms. The molecule has 1 unspecified atom stereocenters. The lowest BCUT2D eigenvalue weighted by Gasteiger charge is -2.25. The van der Waals surface area contributed by atoms with Crippen LogP contribution in [0.1, 0.15) is 33.5 Å². The Balaban J connectivity index is 1.47. The molecule has 1 aliphatic heterocycles. The molecule has 2 amide bonds. The summed E-state index contributed by atoms with van der Waals surface area (Å²) in [6.45, 7) is 4.87. The van der Waals surface area contributed by atoms with Gasteiger partial charge < -0.3 is 14.5 Å². The van der Waals surface area contributed by atoms with Crippen LogP contribution < -0.4 is 9.64 Å². The van der Waals surface area contributed by atoms with Crippen molar-refractivity contribution in [3.05, 3.63) is 89.2 Å². The Labute approximate surface area is 188 Å². The molecule has 6 heteroatoms. The first-order valence-corrected chi connectivity index (χ1v) is 10.7. The molecule has 32 heavy (non-hydrogen) atoms. The molecule has 0 radical (unpaired) electrons. The molecule has 1 fully saturated rings. The molecule has 0 saturated carbocycles. The SMILES string of the molecule is Cc1cc(C(=O)N(C)C2CCN(c3ccccc3)C2=O)cc(C)c1OCc1cccnc1. The van der Waals surface area contributed by atoms with Gasteiger partial charge >= 0.3 is 0 Å². The van der Waals surface area contributed by atoms with Crippen molar-refractivity contribution in [2.45, 2.75) is 32.9 Å². The molecule has 1 atom stereocenters. The average molecular weight is 430 g/mol. The number of nitrogens with zero attached hydrogens (tertiary/aromatic N) is 3. The van der Waals surface area contributed by atoms with Crippen molar-refractivity contribution in [1.29, 1.82) is 0 Å². The van der Waals surface area contributed by atoms with E-state index in [2.05, 4.69) is 4.98 Å². The van der Waals surface area contributed by atoms with E-state index in [1.807, 2.05) is 68.4 Å². The average Bonchev–Trinajstić information content (AvgIpc) is 3.20. The first kappa shape index (κ1) is 21.6. The van der Waals surface area contributed by atoms with Crippen LogP contribution in [-0.2, 0) is 11.4 Å². The van der Waals surface area contributed by atoms with Gasteiger partial charge in [0, 0.05) is 42.8 Å². The fourth-order valence-electron chi connectivity index (χ4n) is 4.17. The number of rotatable bonds is 6. The zero-order chi connectivity index (χ0) is 22.7. The molecule has 1 aliphatic rings. The normalized spacial score (nSPS) is 15.7. The highest BCUT2D eigenvalue weighted by atomic mass is 16.5. The van der Waals surface area contributed by atoms with E-state index in [1.165, 1.54) is 0 Å². The number of para-hydroxylation sites is 1. The standard InChI is InChI=1S/C26H27N3O3/c1-18-14-21(15-19(2)24(18)32-17-20-8-7-12-27-16-20)25(30)28(3)23-11-13-29(26(23)31)22-9-5-4-6-10-22/h4-10,12,14-16,23H,11,13,17H2,1-3H3. The maximum atomic E-state index is 13.2. The van der Waals surface area contributed by atoms with Gasteiger partial charge in [0.05, 0.1) is 0 Å². The monoisotopic (exact) mass is 429 g/mol. The van der Waals surface area contributed by atoms with Crippen LogP contribution in [0.15, 0.2) is 67.0 Å². The number of amides is 2. The van der Waals surface area contributed by atoms with Crippen molar-refractivity contribution in [2.24, 2.45) is 0 Å². The van der Waals surface area contributed by atoms with Gasteiger partial charge in [-0.15, -0.1) is 0 Å². The first-order chi connectivity index (χ1) is 15.5. The number of likely N-dealkylation sites (N-methyl/N-ethyl adjacent to an activating group) is 1. The topological polar surface area (TPSA) is 62.7 Å². The van der Waals surface area contributed by atoms with Crippen LogP contribution in [0.4, 0.5) is 5.69 Å². The molecular weight excluding hydrogens is 402 g/mol. The lowest BCUT2D eigenvalue weighted by atomic mass is 10.0. The van der Waals surface area contributed by atoms with E-state index in [1.54, 1.807) is 29.2 Å². The van der Waals surface area contributed by atoms with E-state index < -0.39 is 6.04 Å². The van der Waals surface area contributed by atoms with Gasteiger partial charge in [0.25, 0.3) is 5.91 Å². The molecule has 4 rings (SSSR count). The highest BCUT2D eigenvalue weighted by Gasteiger charge is 2.37. The summed E-state index contributed by atoms with van der Waals surface area (Å²) in [5.41, 5.74) is 4.17. The highest BCUT2D eigenvalue weighted by molar-refractivity contribution is 6.04. The lowest BCUT2D eigenvalue weighted by Crippen LogP contribution is -2.43. The number of aromatic nitrogens is 1. The van der Waals surface area contributed by atoms with Crippen LogP contribution >= 0.6 is 0 Å². The molecule has 6 nitrogen and oxygen atoms in total. The smallest absolute Gasteiger partial charge is 0.254 e. The van der Waals surface area contributed by atoms with E-state index in [4.69, 9.17) is 4.74 Å². The number of aryl methyl sites for hydroxylation is 2. The van der Waals surface area contributed by atoms with Gasteiger partial charge in [-0.05, 0) is 61.7 Å². The van der Waals surface area contributed by atoms with E-state index >= 15 is 0 Å². The number of carbonyl (C=O) groups excluding carboxylic acids is 2. The quantitative estimate of drug-likeness (QED) is 0.590. The van der Waals surface area contributed by atoms with Crippen LogP contribution in [0.3, 0.4) is 0 Å². The minimum absolute atomic E-state index is 0.0445. The van der Waals surface area contributed by atoms with E-state index in [-0.39, 0.29) is 11.8 Å². The Morgan fingerprint density at radius 2 is 1.84 bits per heavy atom. The Morgan fingerprint density at radius 3 is 2.50 bits per heavy atom. The Bertz CT molecular complexity index is 1090. The molecule has 2 aromatic carbocycles. The molecule has 1 aromatic heterocycles. The predicted octanol–water partition coefficient (Wildman–Crippen LogP) is 4.15. The Kier molecular flexibility index (Phi) is 6.21. The Morgan fingerprint density at radius 1 is 1.12 bits per heavy atom. The highest BCUT2D eigenvalue weighted by Crippen LogP contribution is 2.28. The van der Waals surface area contributed by atoms with E-state index in [9.17, 15) is 9.59 Å². The van der Waals surface area contributed by atoms with Gasteiger partial charge in [0.2, 0.25) is 5.91 Å². The lowest BCUT2D eigenvalue weighted by molar-refractivity contribution is -0.120. The zero-order valence-electron chi connectivity index (χ0n) is 18.6. The molecule has 0 aliphatic carbocycles. The van der Waals surface area contributed by atoms with Crippen LogP contribution in [0.25, 0.3) is 0 Å². The summed E-state index contributed by atoms with van der Waals surface area (Å²) < 4.78 is 6.00. The number of hydrogen-bond donors (Lipinski definition) is 0. The van der Waals surface area contributed by atoms with Gasteiger partial charge in [-0.25, -0.2) is 0 Å². The second-order valence-electron chi connectivity index (χ2n) is 8.14. The van der Waals surface area contributed by atoms with Crippen LogP contribution in [-0.4, -0.2) is 41.3 Å². The minimum atomic E-state index is -0.468. The number of pyridine rings is 1. The second kappa shape index (κ2) is 9.22. The molecule has 164 valence electrons. The van der Waals surface area contributed by atoms with Crippen LogP contribution in [0, 0.1) is 13.8 Å². The van der Waals surface area contributed by atoms with Crippen molar-refractivity contribution >= 4 is 17.5 Å². The molecule has 1 saturated heterocycles. The fraction of sp³-hybridized carbons (Fsp3) is 0.269. The zero-order valence-corrected chi connectivity index (χ0v) is 18.6. The van der Waals surface area contributed by atoms with Crippen LogP contribution in [0.5, 0.6) is 5.75 Å². The summed E-state index contributed by atoms with van der Waals surface area (Å²) in [6, 6.07) is 16.6. The van der Waals surface area contributed by atoms with Crippen molar-refractivity contribution < 1.29 is 14.3 Å². The third-order valence-corrected chi connectivity index (χ3v) is 5.85. The Hall–Kier alpha value is -3.67. The number of anilines is 1. The molecule has 0 N–H and O–H groups in total. The van der Waals surface area contributed by atoms with Gasteiger partial charge in [0.1, 0.15) is 18.4 Å². The summed E-state index contributed by atoms with van der Waals surface area (Å²) >= 11 is 0. The largest absolute Gasteiger partial charge is 0.488 e. The number of ether oxygens (including phenoxy) is 1. The predicted molar refractivity (Wildman–Crippen MR) is 124 cm³/mol. The van der Waals surface area contributed by atoms with E-state index in [0.29, 0.717) is 25.1 Å². The summed E-state index contributed by atoms with van der Waals surface area (Å²) in [6.07, 6.45) is 4.11. The first-order valence-electron chi connectivity index (χ1n) is 10.7. The molecular formula is C26H27N3O3. The van der Waals surface area contributed by atoms with Crippen molar-refractivity contribution in [2.75, 3.05) is 18.5 Å². The second-order valence-corrected chi connectivity index (χ2v) is 8.14. The van der Waals surface area contributed by atoms with Crippen molar-refractivity contribution in [3.8, 4) is 5.75 Å². The minimum Gasteiger partial charge on any atom is -0.488 e. The maximum Gasteiger partial charge on any atom is 0.254 e.